The average Bonchev–Trinajstić information content (AvgIpc) is 2.84. The molecule has 182 valence electrons. The van der Waals surface area contributed by atoms with Gasteiger partial charge in [-0.25, -0.2) is 9.59 Å². The average molecular weight is 470 g/mol. The molecule has 1 N–H and O–H groups in total. The van der Waals surface area contributed by atoms with Crippen LogP contribution >= 0.6 is 0 Å². The van der Waals surface area contributed by atoms with Gasteiger partial charge in [-0.15, -0.1) is 0 Å². The number of oxime groups is 1. The Balaban J connectivity index is 2.18. The van der Waals surface area contributed by atoms with Crippen LogP contribution in [0.5, 0.6) is 5.75 Å². The first kappa shape index (κ1) is 26.8. The third kappa shape index (κ3) is 9.56. The van der Waals surface area contributed by atoms with Crippen molar-refractivity contribution >= 4 is 17.7 Å². The maximum absolute atomic E-state index is 11.9. The Morgan fingerprint density at radius 2 is 1.76 bits per heavy atom. The van der Waals surface area contributed by atoms with Gasteiger partial charge in [-0.05, 0) is 30.2 Å². The van der Waals surface area contributed by atoms with Gasteiger partial charge >= 0.3 is 11.9 Å². The van der Waals surface area contributed by atoms with Crippen LogP contribution in [0.3, 0.4) is 0 Å². The van der Waals surface area contributed by atoms with Crippen molar-refractivity contribution in [1.29, 1.82) is 0 Å². The fourth-order valence-electron chi connectivity index (χ4n) is 3.04. The molecule has 8 heteroatoms. The predicted molar refractivity (Wildman–Crippen MR) is 127 cm³/mol. The highest BCUT2D eigenvalue weighted by molar-refractivity contribution is 5.91. The van der Waals surface area contributed by atoms with Gasteiger partial charge < -0.3 is 24.2 Å². The summed E-state index contributed by atoms with van der Waals surface area (Å²) in [4.78, 5) is 28.0. The van der Waals surface area contributed by atoms with Gasteiger partial charge in [0.05, 0.1) is 32.6 Å². The lowest BCUT2D eigenvalue weighted by Crippen LogP contribution is -2.33. The second-order valence-electron chi connectivity index (χ2n) is 7.41. The number of benzene rings is 2. The highest BCUT2D eigenvalue weighted by Gasteiger charge is 2.24. The van der Waals surface area contributed by atoms with Gasteiger partial charge in [-0.3, -0.25) is 0 Å². The Morgan fingerprint density at radius 1 is 1.06 bits per heavy atom. The van der Waals surface area contributed by atoms with Crippen LogP contribution in [0.15, 0.2) is 71.9 Å². The molecule has 0 aliphatic rings. The van der Waals surface area contributed by atoms with E-state index in [2.05, 4.69) is 5.16 Å². The first-order valence-electron chi connectivity index (χ1n) is 10.9. The summed E-state index contributed by atoms with van der Waals surface area (Å²) in [5.41, 5.74) is 2.02. The maximum Gasteiger partial charge on any atom is 0.331 e. The highest BCUT2D eigenvalue weighted by atomic mass is 16.7. The van der Waals surface area contributed by atoms with Crippen LogP contribution in [0.25, 0.3) is 0 Å². The summed E-state index contributed by atoms with van der Waals surface area (Å²) in [5.74, 6) is -1.05. The van der Waals surface area contributed by atoms with Gasteiger partial charge in [0.15, 0.2) is 0 Å². The first-order valence-corrected chi connectivity index (χ1v) is 10.9. The van der Waals surface area contributed by atoms with E-state index < -0.39 is 24.0 Å². The van der Waals surface area contributed by atoms with E-state index in [1.54, 1.807) is 14.0 Å². The van der Waals surface area contributed by atoms with Crippen molar-refractivity contribution in [3.05, 3.63) is 77.9 Å². The molecule has 0 bridgehead atoms. The third-order valence-electron chi connectivity index (χ3n) is 4.77. The summed E-state index contributed by atoms with van der Waals surface area (Å²) in [5, 5.41) is 15.0. The van der Waals surface area contributed by atoms with E-state index >= 15 is 0 Å². The van der Waals surface area contributed by atoms with Crippen LogP contribution in [0.2, 0.25) is 0 Å². The van der Waals surface area contributed by atoms with Gasteiger partial charge in [-0.2, -0.15) is 0 Å². The Kier molecular flexibility index (Phi) is 11.5. The van der Waals surface area contributed by atoms with Crippen molar-refractivity contribution in [3.8, 4) is 5.75 Å². The van der Waals surface area contributed by atoms with Crippen molar-refractivity contribution in [2.75, 3.05) is 20.3 Å². The van der Waals surface area contributed by atoms with E-state index in [0.717, 1.165) is 16.9 Å². The van der Waals surface area contributed by atoms with Gasteiger partial charge in [0.25, 0.3) is 0 Å². The molecule has 0 aliphatic carbocycles. The Morgan fingerprint density at radius 3 is 2.38 bits per heavy atom. The van der Waals surface area contributed by atoms with Crippen molar-refractivity contribution in [2.45, 2.75) is 33.0 Å². The van der Waals surface area contributed by atoms with Crippen LogP contribution in [0, 0.1) is 5.92 Å². The first-order chi connectivity index (χ1) is 16.4. The number of hydrogen-bond donors (Lipinski definition) is 1. The lowest BCUT2D eigenvalue weighted by Gasteiger charge is -2.21. The normalized spacial score (nSPS) is 13.4. The predicted octanol–water partition coefficient (Wildman–Crippen LogP) is 3.47. The summed E-state index contributed by atoms with van der Waals surface area (Å²) in [6.45, 7) is 3.54. The number of rotatable bonds is 13. The molecule has 0 spiro atoms. The smallest absolute Gasteiger partial charge is 0.331 e. The monoisotopic (exact) mass is 469 g/mol. The van der Waals surface area contributed by atoms with Gasteiger partial charge in [-0.1, -0.05) is 53.7 Å². The van der Waals surface area contributed by atoms with Crippen molar-refractivity contribution in [1.82, 2.24) is 0 Å². The summed E-state index contributed by atoms with van der Waals surface area (Å²) < 4.78 is 15.9. The fourth-order valence-corrected chi connectivity index (χ4v) is 3.04. The molecule has 0 aromatic heterocycles. The quantitative estimate of drug-likeness (QED) is 0.157. The van der Waals surface area contributed by atoms with Crippen molar-refractivity contribution < 1.29 is 33.7 Å². The molecule has 2 aromatic carbocycles. The molecule has 34 heavy (non-hydrogen) atoms. The molecule has 0 unspecified atom stereocenters. The minimum absolute atomic E-state index is 0.0803. The van der Waals surface area contributed by atoms with Crippen LogP contribution in [0.4, 0.5) is 0 Å². The van der Waals surface area contributed by atoms with Crippen LogP contribution in [0.1, 0.15) is 25.0 Å². The molecular formula is C26H31NO7. The summed E-state index contributed by atoms with van der Waals surface area (Å²) >= 11 is 0. The minimum atomic E-state index is -1.18. The summed E-state index contributed by atoms with van der Waals surface area (Å²) in [6.07, 6.45) is 1.84. The molecule has 0 radical (unpaired) electrons. The summed E-state index contributed by atoms with van der Waals surface area (Å²) in [7, 11) is 1.60. The van der Waals surface area contributed by atoms with E-state index in [-0.39, 0.29) is 32.0 Å². The number of methoxy groups -OCH3 is 1. The molecule has 0 saturated carbocycles. The van der Waals surface area contributed by atoms with E-state index in [0.29, 0.717) is 0 Å². The fraction of sp³-hybridized carbons (Fsp3) is 0.346. The lowest BCUT2D eigenvalue weighted by atomic mass is 9.94. The lowest BCUT2D eigenvalue weighted by molar-refractivity contribution is -0.141. The largest absolute Gasteiger partial charge is 0.497 e. The molecule has 0 saturated heterocycles. The molecule has 0 fully saturated rings. The molecule has 2 atom stereocenters. The number of esters is 1. The van der Waals surface area contributed by atoms with Gasteiger partial charge in [0.1, 0.15) is 11.9 Å². The molecule has 0 heterocycles. The zero-order valence-corrected chi connectivity index (χ0v) is 19.7. The molecule has 8 nitrogen and oxygen atoms in total. The SMILES string of the molecule is CCOC(=O)/C=C/[C@@H](COCc1ccc(OC)cc1)[C@@H](O)/C(Cc1ccccc1)=N/OC(C)=O. The van der Waals surface area contributed by atoms with E-state index in [4.69, 9.17) is 19.0 Å². The molecule has 0 amide bonds. The number of nitrogens with zero attached hydrogens (tertiary/aromatic N) is 1. The number of aliphatic hydroxyl groups is 1. The maximum atomic E-state index is 11.9. The summed E-state index contributed by atoms with van der Waals surface area (Å²) in [6, 6.07) is 16.8. The van der Waals surface area contributed by atoms with E-state index in [1.807, 2.05) is 54.6 Å². The van der Waals surface area contributed by atoms with Crippen LogP contribution < -0.4 is 4.74 Å². The zero-order valence-electron chi connectivity index (χ0n) is 19.7. The molecule has 0 aliphatic heterocycles. The van der Waals surface area contributed by atoms with E-state index in [9.17, 15) is 14.7 Å². The number of hydrogen-bond acceptors (Lipinski definition) is 8. The third-order valence-corrected chi connectivity index (χ3v) is 4.77. The molecule has 2 rings (SSSR count). The number of carbonyl (C=O) groups is 2. The van der Waals surface area contributed by atoms with Gasteiger partial charge in [0.2, 0.25) is 0 Å². The standard InChI is InChI=1S/C26H31NO7/c1-4-33-25(29)15-12-22(18-32-17-21-10-13-23(31-3)14-11-21)26(30)24(27-34-19(2)28)16-20-8-6-5-7-9-20/h5-15,22,26,30H,4,16-18H2,1-3H3/b15-12+,27-24+/t22-,26+/m0/s1. The van der Waals surface area contributed by atoms with E-state index in [1.165, 1.54) is 19.1 Å². The van der Waals surface area contributed by atoms with Crippen molar-refractivity contribution in [2.24, 2.45) is 11.1 Å². The van der Waals surface area contributed by atoms with Crippen LogP contribution in [-0.4, -0.2) is 49.2 Å². The number of ether oxygens (including phenoxy) is 3. The van der Waals surface area contributed by atoms with Gasteiger partial charge in [0, 0.05) is 25.3 Å². The Hall–Kier alpha value is -3.49. The zero-order chi connectivity index (χ0) is 24.8. The molecular weight excluding hydrogens is 438 g/mol. The number of aliphatic hydroxyl groups excluding tert-OH is 1. The highest BCUT2D eigenvalue weighted by Crippen LogP contribution is 2.16. The second-order valence-corrected chi connectivity index (χ2v) is 7.41. The minimum Gasteiger partial charge on any atom is -0.497 e. The van der Waals surface area contributed by atoms with Crippen LogP contribution in [-0.2, 0) is 36.9 Å². The Bertz CT molecular complexity index is 955. The Labute approximate surface area is 199 Å². The number of carbonyl (C=O) groups excluding carboxylic acids is 2. The topological polar surface area (TPSA) is 104 Å². The van der Waals surface area contributed by atoms with Crippen molar-refractivity contribution in [3.63, 3.8) is 0 Å². The second kappa shape index (κ2) is 14.6. The molecule has 2 aromatic rings.